The van der Waals surface area contributed by atoms with E-state index in [2.05, 4.69) is 21.2 Å². The Kier molecular flexibility index (Phi) is 4.81. The van der Waals surface area contributed by atoms with Crippen LogP contribution in [0.15, 0.2) is 15.9 Å². The van der Waals surface area contributed by atoms with Gasteiger partial charge in [0.15, 0.2) is 0 Å². The van der Waals surface area contributed by atoms with Crippen LogP contribution >= 0.6 is 27.3 Å². The van der Waals surface area contributed by atoms with Gasteiger partial charge < -0.3 is 16.0 Å². The molecule has 1 aliphatic heterocycles. The largest absolute Gasteiger partial charge is 0.352 e. The van der Waals surface area contributed by atoms with Gasteiger partial charge in [-0.05, 0) is 47.3 Å². The van der Waals surface area contributed by atoms with Crippen molar-refractivity contribution in [3.63, 3.8) is 0 Å². The number of rotatable bonds is 3. The van der Waals surface area contributed by atoms with Gasteiger partial charge in [-0.25, -0.2) is 4.79 Å². The number of nitrogens with two attached hydrogens (primary N) is 1. The average Bonchev–Trinajstić information content (AvgIpc) is 2.82. The zero-order valence-electron chi connectivity index (χ0n) is 10.4. The summed E-state index contributed by atoms with van der Waals surface area (Å²) in [6, 6.07) is 3.19. The van der Waals surface area contributed by atoms with Crippen molar-refractivity contribution in [1.29, 1.82) is 0 Å². The van der Waals surface area contributed by atoms with E-state index < -0.39 is 6.03 Å². The Bertz CT molecular complexity index is 477. The molecule has 0 aromatic carbocycles. The standard InChI is InChI=1S/C12H16BrN3O2S/c13-10-5-4-9(19-10)11(17)16-6-2-1-3-8(16)7-15-12(14)18/h4-5,8H,1-3,6-7H2,(H3,14,15,18)/t8-/m0/s1. The normalized spacial score (nSPS) is 19.2. The van der Waals surface area contributed by atoms with Crippen LogP contribution in [-0.4, -0.2) is 36.0 Å². The number of hydrogen-bond donors (Lipinski definition) is 2. The minimum atomic E-state index is -0.545. The lowest BCUT2D eigenvalue weighted by molar-refractivity contribution is 0.0620. The summed E-state index contributed by atoms with van der Waals surface area (Å²) in [5, 5.41) is 2.60. The number of nitrogens with one attached hydrogen (secondary N) is 1. The zero-order chi connectivity index (χ0) is 13.8. The third-order valence-corrected chi connectivity index (χ3v) is 4.80. The van der Waals surface area contributed by atoms with Crippen LogP contribution in [-0.2, 0) is 0 Å². The van der Waals surface area contributed by atoms with Crippen molar-refractivity contribution in [2.24, 2.45) is 5.73 Å². The molecule has 0 bridgehead atoms. The molecule has 0 aliphatic carbocycles. The molecule has 1 fully saturated rings. The molecule has 0 saturated carbocycles. The molecule has 2 rings (SSSR count). The lowest BCUT2D eigenvalue weighted by atomic mass is 10.0. The molecular formula is C12H16BrN3O2S. The quantitative estimate of drug-likeness (QED) is 0.880. The second kappa shape index (κ2) is 6.38. The van der Waals surface area contributed by atoms with Gasteiger partial charge in [0.05, 0.1) is 8.66 Å². The summed E-state index contributed by atoms with van der Waals surface area (Å²) in [6.07, 6.45) is 2.98. The van der Waals surface area contributed by atoms with Crippen LogP contribution in [0.4, 0.5) is 4.79 Å². The van der Waals surface area contributed by atoms with Crippen molar-refractivity contribution in [3.05, 3.63) is 20.8 Å². The van der Waals surface area contributed by atoms with Crippen LogP contribution in [0.25, 0.3) is 0 Å². The first kappa shape index (κ1) is 14.3. The number of likely N-dealkylation sites (tertiary alicyclic amines) is 1. The smallest absolute Gasteiger partial charge is 0.312 e. The molecule has 19 heavy (non-hydrogen) atoms. The maximum atomic E-state index is 12.4. The summed E-state index contributed by atoms with van der Waals surface area (Å²) in [5.41, 5.74) is 5.09. The minimum absolute atomic E-state index is 0.0340. The number of urea groups is 1. The van der Waals surface area contributed by atoms with Crippen molar-refractivity contribution < 1.29 is 9.59 Å². The highest BCUT2D eigenvalue weighted by molar-refractivity contribution is 9.11. The molecule has 104 valence electrons. The molecular weight excluding hydrogens is 330 g/mol. The maximum Gasteiger partial charge on any atom is 0.312 e. The van der Waals surface area contributed by atoms with Gasteiger partial charge in [0, 0.05) is 19.1 Å². The average molecular weight is 346 g/mol. The van der Waals surface area contributed by atoms with Crippen molar-refractivity contribution in [2.75, 3.05) is 13.1 Å². The highest BCUT2D eigenvalue weighted by Gasteiger charge is 2.28. The Morgan fingerprint density at radius 1 is 1.47 bits per heavy atom. The lowest BCUT2D eigenvalue weighted by Crippen LogP contribution is -2.50. The van der Waals surface area contributed by atoms with Crippen LogP contribution in [0, 0.1) is 0 Å². The minimum Gasteiger partial charge on any atom is -0.352 e. The molecule has 0 radical (unpaired) electrons. The molecule has 5 nitrogen and oxygen atoms in total. The van der Waals surface area contributed by atoms with Gasteiger partial charge in [0.1, 0.15) is 0 Å². The van der Waals surface area contributed by atoms with E-state index >= 15 is 0 Å². The van der Waals surface area contributed by atoms with Gasteiger partial charge in [-0.15, -0.1) is 11.3 Å². The SMILES string of the molecule is NC(=O)NC[C@@H]1CCCCN1C(=O)c1ccc(Br)s1. The fourth-order valence-corrected chi connectivity index (χ4v) is 3.61. The Hall–Kier alpha value is -1.08. The van der Waals surface area contributed by atoms with Gasteiger partial charge >= 0.3 is 6.03 Å². The van der Waals surface area contributed by atoms with E-state index in [1.54, 1.807) is 0 Å². The number of amides is 3. The molecule has 0 spiro atoms. The molecule has 1 atom stereocenters. The number of hydrogen-bond acceptors (Lipinski definition) is 3. The van der Waals surface area contributed by atoms with E-state index in [0.717, 1.165) is 34.5 Å². The molecule has 7 heteroatoms. The Morgan fingerprint density at radius 2 is 2.26 bits per heavy atom. The van der Waals surface area contributed by atoms with Crippen LogP contribution in [0.3, 0.4) is 0 Å². The fraction of sp³-hybridized carbons (Fsp3) is 0.500. The first-order valence-electron chi connectivity index (χ1n) is 6.17. The Balaban J connectivity index is 2.06. The number of carbonyl (C=O) groups excluding carboxylic acids is 2. The Morgan fingerprint density at radius 3 is 2.89 bits per heavy atom. The molecule has 0 unspecified atom stereocenters. The van der Waals surface area contributed by atoms with Crippen molar-refractivity contribution in [3.8, 4) is 0 Å². The van der Waals surface area contributed by atoms with Gasteiger partial charge in [0.25, 0.3) is 5.91 Å². The van der Waals surface area contributed by atoms with Crippen LogP contribution < -0.4 is 11.1 Å². The number of nitrogens with zero attached hydrogens (tertiary/aromatic N) is 1. The van der Waals surface area contributed by atoms with E-state index in [1.807, 2.05) is 17.0 Å². The molecule has 2 heterocycles. The Labute approximate surface area is 124 Å². The summed E-state index contributed by atoms with van der Waals surface area (Å²) in [6.45, 7) is 1.16. The van der Waals surface area contributed by atoms with E-state index in [9.17, 15) is 9.59 Å². The highest BCUT2D eigenvalue weighted by Crippen LogP contribution is 2.26. The third-order valence-electron chi connectivity index (χ3n) is 3.18. The number of thiophene rings is 1. The number of carbonyl (C=O) groups is 2. The van der Waals surface area contributed by atoms with Crippen LogP contribution in [0.5, 0.6) is 0 Å². The maximum absolute atomic E-state index is 12.4. The molecule has 3 amide bonds. The number of primary amides is 1. The predicted octanol–water partition coefficient (Wildman–Crippen LogP) is 2.17. The summed E-state index contributed by atoms with van der Waals surface area (Å²) < 4.78 is 0.944. The third kappa shape index (κ3) is 3.70. The first-order chi connectivity index (χ1) is 9.08. The van der Waals surface area contributed by atoms with E-state index in [0.29, 0.717) is 6.54 Å². The van der Waals surface area contributed by atoms with Crippen LogP contribution in [0.2, 0.25) is 0 Å². The zero-order valence-corrected chi connectivity index (χ0v) is 12.8. The van der Waals surface area contributed by atoms with E-state index in [4.69, 9.17) is 5.73 Å². The predicted molar refractivity (Wildman–Crippen MR) is 78.3 cm³/mol. The van der Waals surface area contributed by atoms with Crippen molar-refractivity contribution in [1.82, 2.24) is 10.2 Å². The molecule has 3 N–H and O–H groups in total. The van der Waals surface area contributed by atoms with Crippen molar-refractivity contribution in [2.45, 2.75) is 25.3 Å². The molecule has 1 aromatic heterocycles. The van der Waals surface area contributed by atoms with E-state index in [-0.39, 0.29) is 11.9 Å². The topological polar surface area (TPSA) is 75.4 Å². The monoisotopic (exact) mass is 345 g/mol. The summed E-state index contributed by atoms with van der Waals surface area (Å²) in [7, 11) is 0. The summed E-state index contributed by atoms with van der Waals surface area (Å²) >= 11 is 4.79. The second-order valence-electron chi connectivity index (χ2n) is 4.50. The first-order valence-corrected chi connectivity index (χ1v) is 7.78. The van der Waals surface area contributed by atoms with Gasteiger partial charge in [-0.3, -0.25) is 4.79 Å². The fourth-order valence-electron chi connectivity index (χ4n) is 2.27. The summed E-state index contributed by atoms with van der Waals surface area (Å²) in [5.74, 6) is 0.0340. The highest BCUT2D eigenvalue weighted by atomic mass is 79.9. The summed E-state index contributed by atoms with van der Waals surface area (Å²) in [4.78, 5) is 25.8. The van der Waals surface area contributed by atoms with Crippen LogP contribution in [0.1, 0.15) is 28.9 Å². The molecule has 1 aliphatic rings. The second-order valence-corrected chi connectivity index (χ2v) is 6.96. The van der Waals surface area contributed by atoms with Gasteiger partial charge in [-0.1, -0.05) is 0 Å². The van der Waals surface area contributed by atoms with Gasteiger partial charge in [-0.2, -0.15) is 0 Å². The molecule has 1 aromatic rings. The van der Waals surface area contributed by atoms with Crippen molar-refractivity contribution >= 4 is 39.2 Å². The number of piperidine rings is 1. The molecule has 1 saturated heterocycles. The number of halogens is 1. The van der Waals surface area contributed by atoms with Gasteiger partial charge in [0.2, 0.25) is 0 Å². The lowest BCUT2D eigenvalue weighted by Gasteiger charge is -2.35. The van der Waals surface area contributed by atoms with E-state index in [1.165, 1.54) is 11.3 Å².